The van der Waals surface area contributed by atoms with Gasteiger partial charge in [0.2, 0.25) is 0 Å². The Morgan fingerprint density at radius 1 is 1.27 bits per heavy atom. The highest BCUT2D eigenvalue weighted by Gasteiger charge is 2.04. The molecule has 0 aliphatic heterocycles. The third kappa shape index (κ3) is 2.46. The largest absolute Gasteiger partial charge is 0.484 e. The van der Waals surface area contributed by atoms with Crippen LogP contribution in [0.2, 0.25) is 0 Å². The molecule has 5 heteroatoms. The summed E-state index contributed by atoms with van der Waals surface area (Å²) < 4.78 is 10.6. The van der Waals surface area contributed by atoms with Crippen molar-refractivity contribution < 1.29 is 9.15 Å². The molecular weight excluding hydrogens is 194 g/mol. The summed E-state index contributed by atoms with van der Waals surface area (Å²) in [6, 6.07) is 9.87. The third-order valence-electron chi connectivity index (χ3n) is 1.79. The first-order valence-corrected chi connectivity index (χ1v) is 4.56. The lowest BCUT2D eigenvalue weighted by molar-refractivity contribution is 0.265. The lowest BCUT2D eigenvalue weighted by atomic mass is 10.3. The molecule has 15 heavy (non-hydrogen) atoms. The van der Waals surface area contributed by atoms with Crippen LogP contribution in [0.1, 0.15) is 5.89 Å². The van der Waals surface area contributed by atoms with Crippen molar-refractivity contribution in [1.82, 2.24) is 10.2 Å². The Kier molecular flexibility index (Phi) is 2.82. The van der Waals surface area contributed by atoms with E-state index in [-0.39, 0.29) is 6.61 Å². The number of benzene rings is 1. The van der Waals surface area contributed by atoms with Crippen LogP contribution in [0.5, 0.6) is 5.75 Å². The Morgan fingerprint density at radius 3 is 2.73 bits per heavy atom. The van der Waals surface area contributed by atoms with Crippen LogP contribution in [0.3, 0.4) is 0 Å². The van der Waals surface area contributed by atoms with Crippen LogP contribution in [0.4, 0.5) is 6.01 Å². The molecule has 1 aromatic heterocycles. The van der Waals surface area contributed by atoms with E-state index in [0.717, 1.165) is 5.75 Å². The SMILES string of the molecule is CNc1nnc(COc2ccccc2)o1. The van der Waals surface area contributed by atoms with E-state index in [1.54, 1.807) is 7.05 Å². The van der Waals surface area contributed by atoms with Crippen LogP contribution in [0.25, 0.3) is 0 Å². The fourth-order valence-electron chi connectivity index (χ4n) is 1.07. The predicted molar refractivity (Wildman–Crippen MR) is 54.6 cm³/mol. The van der Waals surface area contributed by atoms with Gasteiger partial charge in [0.15, 0.2) is 6.61 Å². The number of rotatable bonds is 4. The second-order valence-electron chi connectivity index (χ2n) is 2.85. The molecule has 78 valence electrons. The Morgan fingerprint density at radius 2 is 2.07 bits per heavy atom. The van der Waals surface area contributed by atoms with Gasteiger partial charge >= 0.3 is 6.01 Å². The number of aromatic nitrogens is 2. The molecule has 0 amide bonds. The monoisotopic (exact) mass is 205 g/mol. The molecule has 2 aromatic rings. The lowest BCUT2D eigenvalue weighted by Crippen LogP contribution is -1.95. The van der Waals surface area contributed by atoms with Gasteiger partial charge < -0.3 is 14.5 Å². The van der Waals surface area contributed by atoms with Crippen LogP contribution in [0, 0.1) is 0 Å². The zero-order valence-electron chi connectivity index (χ0n) is 8.30. The minimum Gasteiger partial charge on any atom is -0.484 e. The van der Waals surface area contributed by atoms with Crippen molar-refractivity contribution >= 4 is 6.01 Å². The van der Waals surface area contributed by atoms with Crippen molar-refractivity contribution in [3.63, 3.8) is 0 Å². The smallest absolute Gasteiger partial charge is 0.315 e. The van der Waals surface area contributed by atoms with Crippen molar-refractivity contribution in [3.05, 3.63) is 36.2 Å². The number of ether oxygens (including phenoxy) is 1. The molecule has 0 fully saturated rings. The van der Waals surface area contributed by atoms with Gasteiger partial charge in [0.05, 0.1) is 0 Å². The molecule has 5 nitrogen and oxygen atoms in total. The van der Waals surface area contributed by atoms with Crippen molar-refractivity contribution in [2.45, 2.75) is 6.61 Å². The van der Waals surface area contributed by atoms with E-state index in [1.807, 2.05) is 30.3 Å². The summed E-state index contributed by atoms with van der Waals surface area (Å²) in [6.45, 7) is 0.276. The van der Waals surface area contributed by atoms with E-state index in [1.165, 1.54) is 0 Å². The van der Waals surface area contributed by atoms with Gasteiger partial charge in [-0.25, -0.2) is 0 Å². The molecule has 0 bridgehead atoms. The summed E-state index contributed by atoms with van der Waals surface area (Å²) >= 11 is 0. The van der Waals surface area contributed by atoms with Gasteiger partial charge in [0.25, 0.3) is 5.89 Å². The highest BCUT2D eigenvalue weighted by molar-refractivity contribution is 5.21. The summed E-state index contributed by atoms with van der Waals surface area (Å²) in [5.74, 6) is 1.23. The van der Waals surface area contributed by atoms with Crippen molar-refractivity contribution in [3.8, 4) is 5.75 Å². The Balaban J connectivity index is 1.93. The molecule has 0 radical (unpaired) electrons. The predicted octanol–water partition coefficient (Wildman–Crippen LogP) is 1.69. The minimum atomic E-state index is 0.276. The van der Waals surface area contributed by atoms with E-state index >= 15 is 0 Å². The maximum absolute atomic E-state index is 5.43. The molecule has 1 N–H and O–H groups in total. The summed E-state index contributed by atoms with van der Waals surface area (Å²) in [6.07, 6.45) is 0. The van der Waals surface area contributed by atoms with E-state index in [9.17, 15) is 0 Å². The minimum absolute atomic E-state index is 0.276. The van der Waals surface area contributed by atoms with E-state index < -0.39 is 0 Å². The zero-order chi connectivity index (χ0) is 10.5. The van der Waals surface area contributed by atoms with Crippen LogP contribution in [0.15, 0.2) is 34.7 Å². The number of hydrogen-bond acceptors (Lipinski definition) is 5. The maximum Gasteiger partial charge on any atom is 0.315 e. The van der Waals surface area contributed by atoms with Crippen LogP contribution in [-0.2, 0) is 6.61 Å². The molecular formula is C10H11N3O2. The topological polar surface area (TPSA) is 60.2 Å². The molecule has 2 rings (SSSR count). The normalized spacial score (nSPS) is 9.93. The fraction of sp³-hybridized carbons (Fsp3) is 0.200. The second kappa shape index (κ2) is 4.45. The van der Waals surface area contributed by atoms with Crippen molar-refractivity contribution in [1.29, 1.82) is 0 Å². The quantitative estimate of drug-likeness (QED) is 0.823. The number of anilines is 1. The van der Waals surface area contributed by atoms with Gasteiger partial charge in [-0.3, -0.25) is 0 Å². The zero-order valence-corrected chi connectivity index (χ0v) is 8.30. The number of nitrogens with zero attached hydrogens (tertiary/aromatic N) is 2. The number of para-hydroxylation sites is 1. The van der Waals surface area contributed by atoms with Gasteiger partial charge in [0, 0.05) is 7.05 Å². The number of hydrogen-bond donors (Lipinski definition) is 1. The molecule has 0 atom stereocenters. The Bertz CT molecular complexity index is 414. The van der Waals surface area contributed by atoms with Gasteiger partial charge in [-0.15, -0.1) is 5.10 Å². The molecule has 0 unspecified atom stereocenters. The first kappa shape index (κ1) is 9.51. The van der Waals surface area contributed by atoms with Crippen molar-refractivity contribution in [2.24, 2.45) is 0 Å². The highest BCUT2D eigenvalue weighted by atomic mass is 16.5. The van der Waals surface area contributed by atoms with E-state index in [2.05, 4.69) is 15.5 Å². The van der Waals surface area contributed by atoms with Crippen molar-refractivity contribution in [2.75, 3.05) is 12.4 Å². The second-order valence-corrected chi connectivity index (χ2v) is 2.85. The van der Waals surface area contributed by atoms with Crippen LogP contribution >= 0.6 is 0 Å². The highest BCUT2D eigenvalue weighted by Crippen LogP contribution is 2.11. The Hall–Kier alpha value is -2.04. The first-order valence-electron chi connectivity index (χ1n) is 4.56. The molecule has 0 spiro atoms. The standard InChI is InChI=1S/C10H11N3O2/c1-11-10-13-12-9(15-10)7-14-8-5-3-2-4-6-8/h2-6H,7H2,1H3,(H,11,13). The molecule has 0 aliphatic carbocycles. The molecule has 0 saturated carbocycles. The summed E-state index contributed by atoms with van der Waals surface area (Å²) in [4.78, 5) is 0. The molecule has 0 saturated heterocycles. The van der Waals surface area contributed by atoms with E-state index in [4.69, 9.17) is 9.15 Å². The number of nitrogens with one attached hydrogen (secondary N) is 1. The first-order chi connectivity index (χ1) is 7.38. The van der Waals surface area contributed by atoms with Crippen LogP contribution in [-0.4, -0.2) is 17.2 Å². The maximum atomic E-state index is 5.43. The van der Waals surface area contributed by atoms with E-state index in [0.29, 0.717) is 11.9 Å². The van der Waals surface area contributed by atoms with Gasteiger partial charge in [-0.2, -0.15) is 0 Å². The molecule has 1 heterocycles. The summed E-state index contributed by atoms with van der Waals surface area (Å²) in [5.41, 5.74) is 0. The van der Waals surface area contributed by atoms with Gasteiger partial charge in [-0.05, 0) is 12.1 Å². The molecule has 0 aliphatic rings. The lowest BCUT2D eigenvalue weighted by Gasteiger charge is -2.01. The average molecular weight is 205 g/mol. The Labute approximate surface area is 87.1 Å². The molecule has 1 aromatic carbocycles. The van der Waals surface area contributed by atoms with Gasteiger partial charge in [-0.1, -0.05) is 23.3 Å². The average Bonchev–Trinajstić information content (AvgIpc) is 2.76. The van der Waals surface area contributed by atoms with Crippen LogP contribution < -0.4 is 10.1 Å². The van der Waals surface area contributed by atoms with Gasteiger partial charge in [0.1, 0.15) is 5.75 Å². The third-order valence-corrected chi connectivity index (χ3v) is 1.79. The summed E-state index contributed by atoms with van der Waals surface area (Å²) in [7, 11) is 1.72. The summed E-state index contributed by atoms with van der Waals surface area (Å²) in [5, 5.41) is 10.3. The fourth-order valence-corrected chi connectivity index (χ4v) is 1.07.